The van der Waals surface area contributed by atoms with Crippen LogP contribution in [-0.2, 0) is 13.5 Å². The molecule has 5 heteroatoms. The fraction of sp³-hybridized carbons (Fsp3) is 0.542. The Labute approximate surface area is 178 Å². The Kier molecular flexibility index (Phi) is 5.17. The molecule has 3 saturated heterocycles. The molecule has 2 bridgehead atoms. The number of benzene rings is 1. The molecule has 4 heterocycles. The fourth-order valence-electron chi connectivity index (χ4n) is 6.11. The molecule has 0 radical (unpaired) electrons. The van der Waals surface area contributed by atoms with Crippen LogP contribution in [0.2, 0.25) is 5.02 Å². The van der Waals surface area contributed by atoms with Gasteiger partial charge in [-0.25, -0.2) is 0 Å². The summed E-state index contributed by atoms with van der Waals surface area (Å²) in [7, 11) is 1.91. The lowest BCUT2D eigenvalue weighted by Gasteiger charge is -2.57. The lowest BCUT2D eigenvalue weighted by Crippen LogP contribution is -2.64. The van der Waals surface area contributed by atoms with Gasteiger partial charge in [0.2, 0.25) is 0 Å². The quantitative estimate of drug-likeness (QED) is 0.755. The molecule has 0 unspecified atom stereocenters. The molecular weight excluding hydrogens is 382 g/mol. The van der Waals surface area contributed by atoms with Crippen molar-refractivity contribution in [3.63, 3.8) is 0 Å². The van der Waals surface area contributed by atoms with Crippen LogP contribution in [0.3, 0.4) is 0 Å². The molecule has 3 fully saturated rings. The first-order valence-electron chi connectivity index (χ1n) is 11.0. The van der Waals surface area contributed by atoms with Gasteiger partial charge in [-0.2, -0.15) is 0 Å². The maximum atomic E-state index is 13.3. The molecule has 4 atom stereocenters. The predicted octanol–water partition coefficient (Wildman–Crippen LogP) is 4.24. The number of likely N-dealkylation sites (tertiary alicyclic amines) is 1. The molecular formula is C24H30ClN3O. The number of hydrogen-bond donors (Lipinski definition) is 0. The Morgan fingerprint density at radius 1 is 1.14 bits per heavy atom. The number of rotatable bonds is 3. The van der Waals surface area contributed by atoms with Crippen LogP contribution >= 0.6 is 11.6 Å². The van der Waals surface area contributed by atoms with E-state index >= 15 is 0 Å². The second-order valence-corrected chi connectivity index (χ2v) is 9.61. The Balaban J connectivity index is 1.42. The third kappa shape index (κ3) is 3.62. The number of piperidine rings is 3. The number of aromatic nitrogens is 1. The van der Waals surface area contributed by atoms with Crippen LogP contribution in [0.25, 0.3) is 0 Å². The highest BCUT2D eigenvalue weighted by Gasteiger charge is 2.47. The zero-order valence-electron chi connectivity index (χ0n) is 17.1. The molecule has 3 aliphatic heterocycles. The number of carbonyl (C=O) groups excluding carboxylic acids is 1. The smallest absolute Gasteiger partial charge is 0.270 e. The summed E-state index contributed by atoms with van der Waals surface area (Å²) in [4.78, 5) is 18.3. The number of nitrogens with zero attached hydrogens (tertiary/aromatic N) is 3. The van der Waals surface area contributed by atoms with Crippen LogP contribution in [0.15, 0.2) is 42.6 Å². The minimum atomic E-state index is 0.136. The summed E-state index contributed by atoms with van der Waals surface area (Å²) in [5.74, 6) is 1.28. The van der Waals surface area contributed by atoms with Crippen LogP contribution in [0.5, 0.6) is 0 Å². The average molecular weight is 412 g/mol. The number of aryl methyl sites for hydroxylation is 1. The van der Waals surface area contributed by atoms with Crippen LogP contribution < -0.4 is 0 Å². The summed E-state index contributed by atoms with van der Waals surface area (Å²) >= 11 is 6.15. The van der Waals surface area contributed by atoms with E-state index in [0.29, 0.717) is 34.6 Å². The highest BCUT2D eigenvalue weighted by Crippen LogP contribution is 2.42. The third-order valence-electron chi connectivity index (χ3n) is 7.39. The Morgan fingerprint density at radius 2 is 1.93 bits per heavy atom. The molecule has 0 N–H and O–H groups in total. The fourth-order valence-corrected chi connectivity index (χ4v) is 6.36. The van der Waals surface area contributed by atoms with Gasteiger partial charge in [-0.1, -0.05) is 48.4 Å². The molecule has 0 spiro atoms. The molecule has 4 nitrogen and oxygen atoms in total. The van der Waals surface area contributed by atoms with E-state index in [0.717, 1.165) is 19.5 Å². The number of carbonyl (C=O) groups is 1. The summed E-state index contributed by atoms with van der Waals surface area (Å²) in [6, 6.07) is 13.9. The predicted molar refractivity (Wildman–Crippen MR) is 116 cm³/mol. The van der Waals surface area contributed by atoms with E-state index in [9.17, 15) is 4.79 Å². The van der Waals surface area contributed by atoms with E-state index in [1.165, 1.54) is 37.8 Å². The van der Waals surface area contributed by atoms with Gasteiger partial charge in [0.1, 0.15) is 5.69 Å². The summed E-state index contributed by atoms with van der Waals surface area (Å²) in [6.45, 7) is 2.97. The molecule has 29 heavy (non-hydrogen) atoms. The van der Waals surface area contributed by atoms with Gasteiger partial charge in [-0.15, -0.1) is 0 Å². The molecule has 0 aliphatic carbocycles. The zero-order chi connectivity index (χ0) is 20.0. The van der Waals surface area contributed by atoms with Crippen molar-refractivity contribution in [1.82, 2.24) is 14.4 Å². The van der Waals surface area contributed by atoms with Gasteiger partial charge >= 0.3 is 0 Å². The largest absolute Gasteiger partial charge is 0.345 e. The zero-order valence-corrected chi connectivity index (χ0v) is 17.9. The Bertz CT molecular complexity index is 880. The summed E-state index contributed by atoms with van der Waals surface area (Å²) < 4.78 is 1.86. The second-order valence-electron chi connectivity index (χ2n) is 9.18. The summed E-state index contributed by atoms with van der Waals surface area (Å²) in [5.41, 5.74) is 2.12. The normalized spacial score (nSPS) is 29.5. The van der Waals surface area contributed by atoms with E-state index in [2.05, 4.69) is 40.1 Å². The van der Waals surface area contributed by atoms with Crippen molar-refractivity contribution in [3.05, 3.63) is 58.9 Å². The monoisotopic (exact) mass is 411 g/mol. The van der Waals surface area contributed by atoms with Gasteiger partial charge in [-0.3, -0.25) is 9.69 Å². The van der Waals surface area contributed by atoms with E-state index < -0.39 is 0 Å². The van der Waals surface area contributed by atoms with Crippen molar-refractivity contribution >= 4 is 17.5 Å². The lowest BCUT2D eigenvalue weighted by atomic mass is 9.71. The molecule has 0 saturated carbocycles. The van der Waals surface area contributed by atoms with Crippen molar-refractivity contribution < 1.29 is 4.79 Å². The van der Waals surface area contributed by atoms with Gasteiger partial charge in [-0.05, 0) is 55.7 Å². The first kappa shape index (κ1) is 19.2. The van der Waals surface area contributed by atoms with Crippen LogP contribution in [-0.4, -0.2) is 52.0 Å². The molecule has 154 valence electrons. The summed E-state index contributed by atoms with van der Waals surface area (Å²) in [5, 5.41) is 0.633. The lowest BCUT2D eigenvalue weighted by molar-refractivity contribution is -0.0643. The standard InChI is InChI=1S/C24H30ClN3O/c1-26-16-20(25)13-23(26)24(29)27-14-18-12-19(15-27)22(11-17-7-3-2-4-8-17)28-10-6-5-9-21(18)28/h2-4,7-8,13,16,18-19,21-22H,5-6,9-12,14-15H2,1H3/t18-,19+,21+,22+/m1/s1. The van der Waals surface area contributed by atoms with Crippen molar-refractivity contribution in [2.75, 3.05) is 19.6 Å². The van der Waals surface area contributed by atoms with Gasteiger partial charge in [0.15, 0.2) is 0 Å². The molecule has 5 rings (SSSR count). The molecule has 2 aromatic rings. The molecule has 1 aromatic carbocycles. The van der Waals surface area contributed by atoms with Gasteiger partial charge in [0.05, 0.1) is 5.02 Å². The number of hydrogen-bond acceptors (Lipinski definition) is 2. The molecule has 3 aliphatic rings. The van der Waals surface area contributed by atoms with Crippen LogP contribution in [0.4, 0.5) is 0 Å². The van der Waals surface area contributed by atoms with Gasteiger partial charge in [0.25, 0.3) is 5.91 Å². The molecule has 1 amide bonds. The van der Waals surface area contributed by atoms with E-state index in [4.69, 9.17) is 11.6 Å². The van der Waals surface area contributed by atoms with Crippen LogP contribution in [0, 0.1) is 11.8 Å². The summed E-state index contributed by atoms with van der Waals surface area (Å²) in [6.07, 6.45) is 8.08. The number of fused-ring (bicyclic) bond motifs is 4. The number of halogens is 1. The Hall–Kier alpha value is -1.78. The van der Waals surface area contributed by atoms with E-state index in [1.54, 1.807) is 0 Å². The minimum absolute atomic E-state index is 0.136. The SMILES string of the molecule is Cn1cc(Cl)cc1C(=O)N1C[C@H]2C[C@@H](C1)[C@H](Cc1ccccc1)N1CCCC[C@@H]21. The second kappa shape index (κ2) is 7.81. The van der Waals surface area contributed by atoms with Crippen LogP contribution in [0.1, 0.15) is 41.7 Å². The minimum Gasteiger partial charge on any atom is -0.345 e. The first-order valence-corrected chi connectivity index (χ1v) is 11.4. The molecule has 1 aromatic heterocycles. The topological polar surface area (TPSA) is 28.5 Å². The van der Waals surface area contributed by atoms with Gasteiger partial charge < -0.3 is 9.47 Å². The van der Waals surface area contributed by atoms with Crippen molar-refractivity contribution in [2.24, 2.45) is 18.9 Å². The highest BCUT2D eigenvalue weighted by atomic mass is 35.5. The maximum absolute atomic E-state index is 13.3. The van der Waals surface area contributed by atoms with Gasteiger partial charge in [0, 0.05) is 38.4 Å². The van der Waals surface area contributed by atoms with Crippen molar-refractivity contribution in [1.29, 1.82) is 0 Å². The van der Waals surface area contributed by atoms with E-state index in [1.807, 2.05) is 23.9 Å². The average Bonchev–Trinajstić information content (AvgIpc) is 3.09. The Morgan fingerprint density at radius 3 is 2.69 bits per heavy atom. The first-order chi connectivity index (χ1) is 14.1. The van der Waals surface area contributed by atoms with Crippen molar-refractivity contribution in [3.8, 4) is 0 Å². The highest BCUT2D eigenvalue weighted by molar-refractivity contribution is 6.31. The van der Waals surface area contributed by atoms with Crippen molar-refractivity contribution in [2.45, 2.75) is 44.2 Å². The number of amides is 1. The third-order valence-corrected chi connectivity index (χ3v) is 7.59. The maximum Gasteiger partial charge on any atom is 0.270 e. The van der Waals surface area contributed by atoms with E-state index in [-0.39, 0.29) is 5.91 Å².